The van der Waals surface area contributed by atoms with E-state index in [1.54, 1.807) is 0 Å². The summed E-state index contributed by atoms with van der Waals surface area (Å²) in [5, 5.41) is 18.0. The number of hydrogen-bond donors (Lipinski definition) is 3. The molecule has 3 N–H and O–H groups in total. The molecule has 0 bridgehead atoms. The Hall–Kier alpha value is -1.19. The molecule has 15 nitrogen and oxygen atoms in total. The maximum atomic E-state index is 11.6. The molecule has 18 heteroatoms. The summed E-state index contributed by atoms with van der Waals surface area (Å²) in [6.45, 7) is 18.1. The van der Waals surface area contributed by atoms with Crippen molar-refractivity contribution in [2.75, 3.05) is 38.2 Å². The van der Waals surface area contributed by atoms with Crippen molar-refractivity contribution in [1.29, 1.82) is 0 Å². The van der Waals surface area contributed by atoms with Crippen LogP contribution in [0.4, 0.5) is 9.59 Å². The van der Waals surface area contributed by atoms with Crippen molar-refractivity contribution in [2.24, 2.45) is 0 Å². The zero-order valence-electron chi connectivity index (χ0n) is 39.0. The Kier molecular flexibility index (Phi) is 31.6. The molecule has 2 aromatic heterocycles. The van der Waals surface area contributed by atoms with E-state index in [1.807, 2.05) is 115 Å². The molecule has 4 aromatic rings. The third-order valence-corrected chi connectivity index (χ3v) is 8.82. The number of amides is 2. The first-order valence-electron chi connectivity index (χ1n) is 20.1. The molecule has 2 aliphatic heterocycles. The minimum Gasteiger partial charge on any atom is -1.00 e. The minimum atomic E-state index is -0.474. The van der Waals surface area contributed by atoms with Crippen LogP contribution in [0.15, 0.2) is 85.5 Å². The Bertz CT molecular complexity index is 1860. The number of hydrogen-bond acceptors (Lipinski definition) is 13. The predicted octanol–water partition coefficient (Wildman–Crippen LogP) is 0.311. The molecule has 0 saturated carbocycles. The number of benzene rings is 2. The van der Waals surface area contributed by atoms with Crippen LogP contribution in [-0.4, -0.2) is 82.9 Å². The van der Waals surface area contributed by atoms with Crippen molar-refractivity contribution < 1.29 is 183 Å². The number of carbonyl (C=O) groups is 3. The summed E-state index contributed by atoms with van der Waals surface area (Å²) in [6.07, 6.45) is 8.32. The van der Waals surface area contributed by atoms with Gasteiger partial charge in [-0.1, -0.05) is 40.2 Å². The molecule has 4 heterocycles. The molecule has 0 atom stereocenters. The van der Waals surface area contributed by atoms with Crippen molar-refractivity contribution in [3.63, 3.8) is 0 Å². The van der Waals surface area contributed by atoms with Crippen LogP contribution < -0.4 is 168 Å². The number of alkyl carbamates (subject to hydrolysis) is 2. The molecule has 0 saturated heterocycles. The fraction of sp³-hybridized carbons (Fsp3) is 0.444. The smallest absolute Gasteiger partial charge is 1.00 e. The number of ether oxygens (including phenoxy) is 4. The van der Waals surface area contributed by atoms with Gasteiger partial charge in [-0.2, -0.15) is 0 Å². The summed E-state index contributed by atoms with van der Waals surface area (Å²) in [4.78, 5) is 44.9. The van der Waals surface area contributed by atoms with E-state index in [9.17, 15) is 9.59 Å². The van der Waals surface area contributed by atoms with Crippen LogP contribution in [0.3, 0.4) is 0 Å². The SMILES string of the molecule is CC(C)(C)OC(=O)NCCc1ccc(OCCBr)cc1.CC(C)(C)OC(=O)NCCc1ccc(OCCN2Cc3ccncc3C2)cc1.O=CO[O-].[Cs+].[Cs+].[H-].c1cc2c(cn1)CNC2. The molecule has 2 aromatic carbocycles. The molecule has 63 heavy (non-hydrogen) atoms. The fourth-order valence-electron chi connectivity index (χ4n) is 5.77. The molecular weight excluding hydrogens is 1110 g/mol. The summed E-state index contributed by atoms with van der Waals surface area (Å²) >= 11 is 3.31. The number of nitrogens with zero attached hydrogens (tertiary/aromatic N) is 3. The number of halogens is 1. The van der Waals surface area contributed by atoms with Gasteiger partial charge < -0.3 is 46.5 Å². The summed E-state index contributed by atoms with van der Waals surface area (Å²) in [5.41, 5.74) is 6.77. The predicted molar refractivity (Wildman–Crippen MR) is 235 cm³/mol. The number of rotatable bonds is 14. The monoisotopic (exact) mass is 1170 g/mol. The minimum absolute atomic E-state index is 0. The quantitative estimate of drug-likeness (QED) is 0.0680. The molecule has 0 radical (unpaired) electrons. The number of pyridine rings is 2. The number of carbonyl (C=O) groups excluding carboxylic acids is 3. The first-order valence-corrected chi connectivity index (χ1v) is 21.2. The third kappa shape index (κ3) is 27.3. The molecular formula is C45H61BrCs2N6O9. The average molecular weight is 1180 g/mol. The van der Waals surface area contributed by atoms with Gasteiger partial charge in [-0.25, -0.2) is 9.59 Å². The Morgan fingerprint density at radius 1 is 0.730 bits per heavy atom. The largest absolute Gasteiger partial charge is 1.00 e. The van der Waals surface area contributed by atoms with Gasteiger partial charge in [0.25, 0.3) is 6.47 Å². The molecule has 6 rings (SSSR count). The summed E-state index contributed by atoms with van der Waals surface area (Å²) in [5.74, 6) is 1.72. The van der Waals surface area contributed by atoms with E-state index in [0.717, 1.165) is 73.5 Å². The number of aromatic nitrogens is 2. The topological polar surface area (TPSA) is 186 Å². The zero-order chi connectivity index (χ0) is 44.5. The normalized spacial score (nSPS) is 12.2. The molecule has 0 aliphatic carbocycles. The van der Waals surface area contributed by atoms with Crippen LogP contribution in [0.2, 0.25) is 0 Å². The third-order valence-electron chi connectivity index (χ3n) is 8.50. The second-order valence-electron chi connectivity index (χ2n) is 15.8. The second-order valence-corrected chi connectivity index (χ2v) is 16.6. The Morgan fingerprint density at radius 3 is 1.62 bits per heavy atom. The number of fused-ring (bicyclic) bond motifs is 2. The van der Waals surface area contributed by atoms with E-state index in [4.69, 9.17) is 29.0 Å². The van der Waals surface area contributed by atoms with Crippen LogP contribution in [0.25, 0.3) is 0 Å². The van der Waals surface area contributed by atoms with E-state index < -0.39 is 11.2 Å². The molecule has 2 amide bonds. The Labute approximate surface area is 500 Å². The standard InChI is InChI=1S/C22H29N3O3.C15H22BrNO3.C7H8N2.CH2O3.2Cs.H/c1-22(2,3)28-21(26)24-11-8-17-4-6-20(7-5-17)27-13-12-25-15-18-9-10-23-14-19(18)16-25;1-15(2,3)20-14(18)17-10-8-12-4-6-13(7-5-12)19-11-9-16;1-2-8-4-7-5-9-3-6(1)7;2-1-4-3;;;/h4-7,9-10,14H,8,11-13,15-16H2,1-3H3,(H,24,26);4-7H,8-11H2,1-3H3,(H,17,18);1-2,4,9H,3,5H2;1,3H;;;/q;;;;2*+1;-1/p-1. The first kappa shape index (κ1) is 59.8. The Morgan fingerprint density at radius 2 is 1.17 bits per heavy atom. The summed E-state index contributed by atoms with van der Waals surface area (Å²) < 4.78 is 21.7. The number of alkyl halides is 1. The van der Waals surface area contributed by atoms with E-state index in [2.05, 4.69) is 63.8 Å². The van der Waals surface area contributed by atoms with Crippen LogP contribution in [-0.2, 0) is 58.2 Å². The van der Waals surface area contributed by atoms with Crippen molar-refractivity contribution >= 4 is 34.6 Å². The van der Waals surface area contributed by atoms with E-state index in [-0.39, 0.29) is 158 Å². The van der Waals surface area contributed by atoms with Crippen LogP contribution in [0.1, 0.15) is 76.3 Å². The van der Waals surface area contributed by atoms with Crippen molar-refractivity contribution in [1.82, 2.24) is 30.8 Å². The molecule has 334 valence electrons. The van der Waals surface area contributed by atoms with Gasteiger partial charge in [0.05, 0.1) is 6.61 Å². The van der Waals surface area contributed by atoms with Gasteiger partial charge in [0.2, 0.25) is 0 Å². The first-order chi connectivity index (χ1) is 29.2. The van der Waals surface area contributed by atoms with Gasteiger partial charge in [-0.15, -0.1) is 0 Å². The van der Waals surface area contributed by atoms with Crippen molar-refractivity contribution in [2.45, 2.75) is 91.8 Å². The molecule has 0 fully saturated rings. The number of nitrogens with one attached hydrogen (secondary N) is 3. The van der Waals surface area contributed by atoms with Gasteiger partial charge in [-0.3, -0.25) is 19.7 Å². The Balaban J connectivity index is 0.000000957. The molecule has 0 spiro atoms. The van der Waals surface area contributed by atoms with Crippen molar-refractivity contribution in [3.05, 3.63) is 119 Å². The van der Waals surface area contributed by atoms with Gasteiger partial charge in [-0.05, 0) is 124 Å². The van der Waals surface area contributed by atoms with Gasteiger partial charge in [0.15, 0.2) is 0 Å². The van der Waals surface area contributed by atoms with Gasteiger partial charge >= 0.3 is 150 Å². The summed E-state index contributed by atoms with van der Waals surface area (Å²) in [6, 6.07) is 20.0. The van der Waals surface area contributed by atoms with Crippen molar-refractivity contribution in [3.8, 4) is 11.5 Å². The fourth-order valence-corrected chi connectivity index (χ4v) is 5.93. The van der Waals surface area contributed by atoms with Gasteiger partial charge in [0, 0.05) is 75.9 Å². The maximum absolute atomic E-state index is 11.6. The molecule has 2 aliphatic rings. The maximum Gasteiger partial charge on any atom is 1.00 e. The summed E-state index contributed by atoms with van der Waals surface area (Å²) in [7, 11) is 0. The second kappa shape index (κ2) is 33.3. The zero-order valence-corrected chi connectivity index (χ0v) is 52.2. The van der Waals surface area contributed by atoms with Gasteiger partial charge in [0.1, 0.15) is 29.3 Å². The van der Waals surface area contributed by atoms with E-state index in [1.165, 1.54) is 22.3 Å². The van der Waals surface area contributed by atoms with Crippen LogP contribution in [0, 0.1) is 0 Å². The average Bonchev–Trinajstić information content (AvgIpc) is 3.88. The van der Waals surface area contributed by atoms with Crippen LogP contribution >= 0.6 is 15.9 Å². The van der Waals surface area contributed by atoms with E-state index >= 15 is 0 Å². The van der Waals surface area contributed by atoms with E-state index in [0.29, 0.717) is 26.3 Å². The molecule has 0 unspecified atom stereocenters. The van der Waals surface area contributed by atoms with Crippen LogP contribution in [0.5, 0.6) is 11.5 Å².